The summed E-state index contributed by atoms with van der Waals surface area (Å²) in [6, 6.07) is 8.94. The summed E-state index contributed by atoms with van der Waals surface area (Å²) in [4.78, 5) is 12.1. The number of carbonyl (C=O) groups is 1. The topological polar surface area (TPSA) is 72.9 Å². The van der Waals surface area contributed by atoms with Crippen LogP contribution in [0.4, 0.5) is 5.69 Å². The largest absolute Gasteiger partial charge is 0.399 e. The zero-order chi connectivity index (χ0) is 15.2. The molecular weight excluding hydrogens is 264 g/mol. The zero-order valence-corrected chi connectivity index (χ0v) is 11.9. The lowest BCUT2D eigenvalue weighted by molar-refractivity contribution is 0.0931. The predicted octanol–water partition coefficient (Wildman–Crippen LogP) is 1.99. The van der Waals surface area contributed by atoms with Crippen molar-refractivity contribution in [3.8, 4) is 18.0 Å². The number of carbonyl (C=O) groups excluding carboxylic acids is 1. The van der Waals surface area contributed by atoms with Crippen molar-refractivity contribution in [2.45, 2.75) is 25.8 Å². The Kier molecular flexibility index (Phi) is 4.62. The summed E-state index contributed by atoms with van der Waals surface area (Å²) in [5, 5.41) is 7.14. The van der Waals surface area contributed by atoms with Crippen LogP contribution in [-0.4, -0.2) is 21.7 Å². The minimum Gasteiger partial charge on any atom is -0.399 e. The van der Waals surface area contributed by atoms with Crippen LogP contribution in [0.15, 0.2) is 36.5 Å². The highest BCUT2D eigenvalue weighted by Gasteiger charge is 2.14. The van der Waals surface area contributed by atoms with Crippen LogP contribution in [0.1, 0.15) is 30.3 Å². The fraction of sp³-hybridized carbons (Fsp3) is 0.250. The first-order valence-electron chi connectivity index (χ1n) is 6.80. The van der Waals surface area contributed by atoms with Crippen LogP contribution >= 0.6 is 0 Å². The maximum Gasteiger partial charge on any atom is 0.272 e. The lowest BCUT2D eigenvalue weighted by atomic mass is 10.1. The molecular formula is C16H18N4O. The lowest BCUT2D eigenvalue weighted by Gasteiger charge is -2.12. The first-order chi connectivity index (χ1) is 10.1. The molecule has 3 N–H and O–H groups in total. The third-order valence-electron chi connectivity index (χ3n) is 3.15. The molecule has 1 unspecified atom stereocenters. The van der Waals surface area contributed by atoms with E-state index in [1.54, 1.807) is 29.1 Å². The SMILES string of the molecule is C#CCC(CC)NC(=O)c1ccn(-c2cccc(N)c2)n1. The molecule has 1 heterocycles. The van der Waals surface area contributed by atoms with E-state index in [0.717, 1.165) is 12.1 Å². The third kappa shape index (κ3) is 3.63. The fourth-order valence-corrected chi connectivity index (χ4v) is 1.96. The summed E-state index contributed by atoms with van der Waals surface area (Å²) in [7, 11) is 0. The molecule has 5 heteroatoms. The second-order valence-electron chi connectivity index (χ2n) is 4.73. The summed E-state index contributed by atoms with van der Waals surface area (Å²) in [5.41, 5.74) is 7.55. The van der Waals surface area contributed by atoms with Gasteiger partial charge in [0.05, 0.1) is 5.69 Å². The quantitative estimate of drug-likeness (QED) is 0.650. The standard InChI is InChI=1S/C16H18N4O/c1-3-6-13(4-2)18-16(21)15-9-10-20(19-15)14-8-5-7-12(17)11-14/h1,5,7-11,13H,4,6,17H2,2H3,(H,18,21). The number of benzene rings is 1. The Labute approximate surface area is 124 Å². The van der Waals surface area contributed by atoms with Gasteiger partial charge in [0.1, 0.15) is 0 Å². The molecule has 108 valence electrons. The molecule has 0 aliphatic heterocycles. The molecule has 2 rings (SSSR count). The second-order valence-corrected chi connectivity index (χ2v) is 4.73. The molecule has 21 heavy (non-hydrogen) atoms. The Morgan fingerprint density at radius 2 is 2.33 bits per heavy atom. The van der Waals surface area contributed by atoms with Gasteiger partial charge in [0.15, 0.2) is 5.69 Å². The van der Waals surface area contributed by atoms with E-state index >= 15 is 0 Å². The highest BCUT2D eigenvalue weighted by atomic mass is 16.2. The van der Waals surface area contributed by atoms with E-state index in [0.29, 0.717) is 17.8 Å². The van der Waals surface area contributed by atoms with Crippen LogP contribution in [0.25, 0.3) is 5.69 Å². The van der Waals surface area contributed by atoms with Crippen LogP contribution < -0.4 is 11.1 Å². The fourth-order valence-electron chi connectivity index (χ4n) is 1.96. The van der Waals surface area contributed by atoms with E-state index in [1.165, 1.54) is 0 Å². The summed E-state index contributed by atoms with van der Waals surface area (Å²) < 4.78 is 1.62. The number of anilines is 1. The molecule has 0 radical (unpaired) electrons. The minimum atomic E-state index is -0.222. The number of nitrogens with zero attached hydrogens (tertiary/aromatic N) is 2. The van der Waals surface area contributed by atoms with Gasteiger partial charge in [-0.05, 0) is 30.7 Å². The number of aromatic nitrogens is 2. The van der Waals surface area contributed by atoms with E-state index in [2.05, 4.69) is 16.3 Å². The smallest absolute Gasteiger partial charge is 0.272 e. The maximum atomic E-state index is 12.1. The van der Waals surface area contributed by atoms with Crippen LogP contribution in [-0.2, 0) is 0 Å². The average Bonchev–Trinajstić information content (AvgIpc) is 2.96. The number of nitrogens with one attached hydrogen (secondary N) is 1. The molecule has 0 aliphatic carbocycles. The van der Waals surface area contributed by atoms with E-state index in [1.807, 2.05) is 19.1 Å². The second kappa shape index (κ2) is 6.62. The first kappa shape index (κ1) is 14.7. The van der Waals surface area contributed by atoms with Gasteiger partial charge in [0.2, 0.25) is 0 Å². The highest BCUT2D eigenvalue weighted by molar-refractivity contribution is 5.92. The summed E-state index contributed by atoms with van der Waals surface area (Å²) >= 11 is 0. The lowest BCUT2D eigenvalue weighted by Crippen LogP contribution is -2.34. The van der Waals surface area contributed by atoms with Crippen molar-refractivity contribution in [1.82, 2.24) is 15.1 Å². The summed E-state index contributed by atoms with van der Waals surface area (Å²) in [5.74, 6) is 2.34. The van der Waals surface area contributed by atoms with Crippen molar-refractivity contribution in [2.75, 3.05) is 5.73 Å². The van der Waals surface area contributed by atoms with Crippen molar-refractivity contribution < 1.29 is 4.79 Å². The van der Waals surface area contributed by atoms with Gasteiger partial charge < -0.3 is 11.1 Å². The number of nitrogen functional groups attached to an aromatic ring is 1. The number of rotatable bonds is 5. The Bertz CT molecular complexity index is 669. The number of hydrogen-bond acceptors (Lipinski definition) is 3. The number of amides is 1. The van der Waals surface area contributed by atoms with Crippen molar-refractivity contribution in [3.05, 3.63) is 42.2 Å². The minimum absolute atomic E-state index is 0.0278. The Balaban J connectivity index is 2.13. The van der Waals surface area contributed by atoms with E-state index < -0.39 is 0 Å². The van der Waals surface area contributed by atoms with Crippen LogP contribution in [0.5, 0.6) is 0 Å². The number of terminal acetylenes is 1. The van der Waals surface area contributed by atoms with Gasteiger partial charge in [-0.25, -0.2) is 4.68 Å². The Morgan fingerprint density at radius 3 is 3.00 bits per heavy atom. The monoisotopic (exact) mass is 282 g/mol. The van der Waals surface area contributed by atoms with Crippen molar-refractivity contribution >= 4 is 11.6 Å². The van der Waals surface area contributed by atoms with Gasteiger partial charge in [-0.15, -0.1) is 12.3 Å². The molecule has 0 saturated heterocycles. The van der Waals surface area contributed by atoms with Gasteiger partial charge >= 0.3 is 0 Å². The molecule has 0 spiro atoms. The predicted molar refractivity (Wildman–Crippen MR) is 83.0 cm³/mol. The first-order valence-corrected chi connectivity index (χ1v) is 6.80. The molecule has 1 aromatic heterocycles. The van der Waals surface area contributed by atoms with Gasteiger partial charge in [0.25, 0.3) is 5.91 Å². The molecule has 0 bridgehead atoms. The van der Waals surface area contributed by atoms with E-state index in [9.17, 15) is 4.79 Å². The molecule has 2 aromatic rings. The van der Waals surface area contributed by atoms with E-state index in [-0.39, 0.29) is 11.9 Å². The molecule has 5 nitrogen and oxygen atoms in total. The molecule has 0 fully saturated rings. The third-order valence-corrected chi connectivity index (χ3v) is 3.15. The normalized spacial score (nSPS) is 11.6. The molecule has 0 aliphatic rings. The van der Waals surface area contributed by atoms with Crippen LogP contribution in [0.3, 0.4) is 0 Å². The van der Waals surface area contributed by atoms with Gasteiger partial charge in [-0.1, -0.05) is 13.0 Å². The summed E-state index contributed by atoms with van der Waals surface area (Å²) in [6.07, 6.45) is 8.30. The van der Waals surface area contributed by atoms with E-state index in [4.69, 9.17) is 12.2 Å². The molecule has 0 saturated carbocycles. The van der Waals surface area contributed by atoms with Gasteiger partial charge in [-0.3, -0.25) is 4.79 Å². The number of hydrogen-bond donors (Lipinski definition) is 2. The van der Waals surface area contributed by atoms with Gasteiger partial charge in [-0.2, -0.15) is 5.10 Å². The van der Waals surface area contributed by atoms with Gasteiger partial charge in [0, 0.05) is 24.3 Å². The zero-order valence-electron chi connectivity index (χ0n) is 11.9. The van der Waals surface area contributed by atoms with Crippen molar-refractivity contribution in [3.63, 3.8) is 0 Å². The van der Waals surface area contributed by atoms with Crippen molar-refractivity contribution in [2.24, 2.45) is 0 Å². The molecule has 1 atom stereocenters. The Hall–Kier alpha value is -2.74. The number of nitrogens with two attached hydrogens (primary N) is 1. The Morgan fingerprint density at radius 1 is 1.52 bits per heavy atom. The van der Waals surface area contributed by atoms with Crippen LogP contribution in [0.2, 0.25) is 0 Å². The van der Waals surface area contributed by atoms with Crippen LogP contribution in [0, 0.1) is 12.3 Å². The maximum absolute atomic E-state index is 12.1. The average molecular weight is 282 g/mol. The van der Waals surface area contributed by atoms with Crippen molar-refractivity contribution in [1.29, 1.82) is 0 Å². The highest BCUT2D eigenvalue weighted by Crippen LogP contribution is 2.12. The molecule has 1 amide bonds. The summed E-state index contributed by atoms with van der Waals surface area (Å²) in [6.45, 7) is 1.98. The molecule has 1 aromatic carbocycles.